The summed E-state index contributed by atoms with van der Waals surface area (Å²) in [7, 11) is 0. The van der Waals surface area contributed by atoms with Crippen molar-refractivity contribution in [1.82, 2.24) is 0 Å². The zero-order valence-corrected chi connectivity index (χ0v) is 31.3. The van der Waals surface area contributed by atoms with Gasteiger partial charge in [-0.3, -0.25) is 0 Å². The molecule has 0 N–H and O–H groups in total. The fraction of sp³-hybridized carbons (Fsp3) is 0.0625. The molecule has 0 radical (unpaired) electrons. The molecule has 0 bridgehead atoms. The van der Waals surface area contributed by atoms with Gasteiger partial charge in [-0.25, -0.2) is 0 Å². The van der Waals surface area contributed by atoms with Crippen molar-refractivity contribution in [2.45, 2.75) is 13.1 Å². The van der Waals surface area contributed by atoms with E-state index in [4.69, 9.17) is 0 Å². The Labute approximate surface area is 285 Å². The molecule has 0 spiro atoms. The molecular weight excluding hydrogens is 799 g/mol. The number of rotatable bonds is 0. The second kappa shape index (κ2) is 13.7. The summed E-state index contributed by atoms with van der Waals surface area (Å²) in [4.78, 5) is 0. The largest absolute Gasteiger partial charge is 1.00 e. The maximum absolute atomic E-state index is 3.55. The van der Waals surface area contributed by atoms with E-state index in [9.17, 15) is 0 Å². The molecule has 0 unspecified atom stereocenters. The molecule has 6 aromatic carbocycles. The average Bonchev–Trinajstić information content (AvgIpc) is 3.62. The van der Waals surface area contributed by atoms with E-state index >= 15 is 0 Å². The Kier molecular flexibility index (Phi) is 11.0. The van der Waals surface area contributed by atoms with E-state index in [0.717, 1.165) is 8.95 Å². The molecule has 40 heavy (non-hydrogen) atoms. The second-order valence-electron chi connectivity index (χ2n) is 9.43. The van der Waals surface area contributed by atoms with Gasteiger partial charge < -0.3 is 24.8 Å². The van der Waals surface area contributed by atoms with Crippen LogP contribution in [0.1, 0.15) is 0 Å². The van der Waals surface area contributed by atoms with Crippen molar-refractivity contribution >= 4 is 122 Å². The summed E-state index contributed by atoms with van der Waals surface area (Å²) in [6.45, 7) is 4.62. The summed E-state index contributed by atoms with van der Waals surface area (Å²) in [5.41, 5.74) is 0.210. The van der Waals surface area contributed by atoms with Gasteiger partial charge in [-0.05, 0) is 21.5 Å². The molecule has 2 aromatic heterocycles. The van der Waals surface area contributed by atoms with Crippen molar-refractivity contribution < 1.29 is 48.1 Å². The van der Waals surface area contributed by atoms with Gasteiger partial charge in [-0.1, -0.05) is 123 Å². The van der Waals surface area contributed by atoms with Crippen LogP contribution in [0.15, 0.2) is 106 Å². The van der Waals surface area contributed by atoms with E-state index in [0.29, 0.717) is 0 Å². The van der Waals surface area contributed by atoms with Crippen LogP contribution >= 0.6 is 54.5 Å². The van der Waals surface area contributed by atoms with Crippen LogP contribution in [0.2, 0.25) is 13.1 Å². The molecule has 0 saturated heterocycles. The Morgan fingerprint density at radius 1 is 0.600 bits per heavy atom. The Morgan fingerprint density at radius 2 is 0.975 bits per heavy atom. The second-order valence-corrected chi connectivity index (χ2v) is 22.7. The molecule has 0 aliphatic carbocycles. The number of thiophene rings is 2. The van der Waals surface area contributed by atoms with Gasteiger partial charge in [0.2, 0.25) is 0 Å². The number of fused-ring (bicyclic) bond motifs is 10. The first-order chi connectivity index (χ1) is 18.4. The molecule has 8 heteroatoms. The van der Waals surface area contributed by atoms with Crippen molar-refractivity contribution in [2.24, 2.45) is 0 Å². The van der Waals surface area contributed by atoms with Crippen molar-refractivity contribution in [3.63, 3.8) is 0 Å². The molecule has 8 rings (SSSR count). The average molecular weight is 821 g/mol. The summed E-state index contributed by atoms with van der Waals surface area (Å²) >= 11 is 12.6. The van der Waals surface area contributed by atoms with Crippen molar-refractivity contribution in [1.29, 1.82) is 0 Å². The van der Waals surface area contributed by atoms with Crippen LogP contribution in [0.5, 0.6) is 0 Å². The quantitative estimate of drug-likeness (QED) is 0.127. The van der Waals surface area contributed by atoms with Crippen LogP contribution in [-0.2, 0) is 23.3 Å². The van der Waals surface area contributed by atoms with Crippen LogP contribution < -0.4 is 24.8 Å². The van der Waals surface area contributed by atoms with Crippen LogP contribution in [-0.4, -0.2) is 5.43 Å². The fourth-order valence-electron chi connectivity index (χ4n) is 4.83. The first-order valence-corrected chi connectivity index (χ1v) is 21.6. The van der Waals surface area contributed by atoms with Crippen LogP contribution in [0, 0.1) is 0 Å². The minimum absolute atomic E-state index is 0. The zero-order chi connectivity index (χ0) is 26.4. The topological polar surface area (TPSA) is 0 Å². The number of hydrogen-bond acceptors (Lipinski definition) is 2. The SMILES string of the molecule is Brc1ccc2sc3c4ccccc4[cH-]c3c2c1.Brc1ccc2sc3c4ccccc4[cH-]c3c2c1.C[Si](C)=[Zr+2].[Cl-].[Cl-]. The third-order valence-corrected chi connectivity index (χ3v) is 9.81. The minimum Gasteiger partial charge on any atom is -1.00 e. The normalized spacial score (nSPS) is 10.8. The standard InChI is InChI=1S/2C15H8BrS.C2H6Si.2ClH.Zr/c2*16-10-5-6-14-12(8-10)13-7-9-3-1-2-4-11(9)15(13)17-14;1-3-2;;;/h2*1-8H;1-2H3;2*1H;/q2*-1;;;;+2/p-2. The van der Waals surface area contributed by atoms with Gasteiger partial charge in [0.15, 0.2) is 0 Å². The monoisotopic (exact) mass is 816 g/mol. The van der Waals surface area contributed by atoms with Crippen molar-refractivity contribution in [2.75, 3.05) is 0 Å². The first kappa shape index (κ1) is 32.1. The van der Waals surface area contributed by atoms with Gasteiger partial charge >= 0.3 is 41.9 Å². The summed E-state index contributed by atoms with van der Waals surface area (Å²) in [5.74, 6) is 0. The summed E-state index contributed by atoms with van der Waals surface area (Å²) in [5, 5.41) is 10.9. The number of hydrogen-bond donors (Lipinski definition) is 0. The third kappa shape index (κ3) is 6.40. The zero-order valence-electron chi connectivity index (χ0n) is 21.6. The van der Waals surface area contributed by atoms with Gasteiger partial charge in [0.25, 0.3) is 0 Å². The summed E-state index contributed by atoms with van der Waals surface area (Å²) in [6.07, 6.45) is 0. The third-order valence-electron chi connectivity index (χ3n) is 6.39. The number of benzene rings is 4. The molecule has 0 fully saturated rings. The van der Waals surface area contributed by atoms with E-state index in [1.165, 1.54) is 61.9 Å². The molecular formula is C32H22Br2Cl2S2SiZr-2. The molecule has 0 aliphatic heterocycles. The molecule has 2 heterocycles. The van der Waals surface area contributed by atoms with Crippen LogP contribution in [0.3, 0.4) is 0 Å². The van der Waals surface area contributed by atoms with Gasteiger partial charge in [0.1, 0.15) is 0 Å². The molecule has 8 aromatic rings. The fourth-order valence-corrected chi connectivity index (χ4v) is 7.98. The Morgan fingerprint density at radius 3 is 1.38 bits per heavy atom. The van der Waals surface area contributed by atoms with Gasteiger partial charge in [0.05, 0.1) is 0 Å². The molecule has 0 nitrogen and oxygen atoms in total. The molecule has 200 valence electrons. The van der Waals surface area contributed by atoms with Gasteiger partial charge in [-0.15, -0.1) is 45.8 Å². The van der Waals surface area contributed by atoms with E-state index in [2.05, 4.69) is 142 Å². The Hall–Kier alpha value is -0.820. The van der Waals surface area contributed by atoms with E-state index in [1.807, 2.05) is 22.7 Å². The van der Waals surface area contributed by atoms with E-state index in [-0.39, 0.29) is 30.2 Å². The van der Waals surface area contributed by atoms with E-state index < -0.39 is 0 Å². The van der Waals surface area contributed by atoms with Gasteiger partial charge in [-0.2, -0.15) is 22.7 Å². The van der Waals surface area contributed by atoms with E-state index in [1.54, 1.807) is 23.3 Å². The predicted octanol–water partition coefficient (Wildman–Crippen LogP) is 6.17. The maximum Gasteiger partial charge on any atom is -1.00 e. The molecule has 0 atom stereocenters. The first-order valence-electron chi connectivity index (χ1n) is 12.2. The van der Waals surface area contributed by atoms with Crippen LogP contribution in [0.25, 0.3) is 61.9 Å². The van der Waals surface area contributed by atoms with Crippen molar-refractivity contribution in [3.05, 3.63) is 106 Å². The Balaban J connectivity index is 0.000000157. The predicted molar refractivity (Wildman–Crippen MR) is 178 cm³/mol. The summed E-state index contributed by atoms with van der Waals surface area (Å²) < 4.78 is 7.85. The molecule has 0 aliphatic rings. The molecule has 0 saturated carbocycles. The van der Waals surface area contributed by atoms with Crippen molar-refractivity contribution in [3.8, 4) is 0 Å². The number of halogens is 4. The smallest absolute Gasteiger partial charge is 1.00 e. The van der Waals surface area contributed by atoms with Gasteiger partial charge in [0, 0.05) is 8.95 Å². The Bertz CT molecular complexity index is 1970. The maximum atomic E-state index is 3.55. The van der Waals surface area contributed by atoms with Crippen LogP contribution in [0.4, 0.5) is 0 Å². The minimum atomic E-state index is 0. The summed E-state index contributed by atoms with van der Waals surface area (Å²) in [6, 6.07) is 34.9. The molecule has 0 amide bonds.